The molecule has 0 aromatic heterocycles. The van der Waals surface area contributed by atoms with E-state index >= 15 is 0 Å². The van der Waals surface area contributed by atoms with Gasteiger partial charge in [-0.25, -0.2) is 0 Å². The van der Waals surface area contributed by atoms with Crippen molar-refractivity contribution >= 4 is 11.6 Å². The minimum atomic E-state index is 0.0729. The van der Waals surface area contributed by atoms with Crippen molar-refractivity contribution in [3.63, 3.8) is 0 Å². The first-order valence-electron chi connectivity index (χ1n) is 7.39. The average molecular weight is 281 g/mol. The summed E-state index contributed by atoms with van der Waals surface area (Å²) in [5.41, 5.74) is 6.25. The van der Waals surface area contributed by atoms with E-state index in [0.29, 0.717) is 6.54 Å². The lowest BCUT2D eigenvalue weighted by Crippen LogP contribution is -2.31. The Morgan fingerprint density at radius 2 is 1.52 bits per heavy atom. The molecule has 0 atom stereocenters. The van der Waals surface area contributed by atoms with Crippen LogP contribution in [0, 0.1) is 27.7 Å². The van der Waals surface area contributed by atoms with Gasteiger partial charge < -0.3 is 4.90 Å². The highest BCUT2D eigenvalue weighted by Gasteiger charge is 2.18. The first kappa shape index (κ1) is 15.3. The molecule has 0 saturated heterocycles. The zero-order chi connectivity index (χ0) is 15.6. The Kier molecular flexibility index (Phi) is 4.46. The number of aryl methyl sites for hydroxylation is 4. The van der Waals surface area contributed by atoms with Crippen LogP contribution in [0.4, 0.5) is 5.69 Å². The van der Waals surface area contributed by atoms with Gasteiger partial charge in [-0.3, -0.25) is 4.79 Å². The van der Waals surface area contributed by atoms with Gasteiger partial charge in [0.25, 0.3) is 5.91 Å². The molecule has 0 aliphatic rings. The SMILES string of the molecule is CCN(C(=O)c1cc(C)ccc1C)c1cc(C)cc(C)c1. The lowest BCUT2D eigenvalue weighted by molar-refractivity contribution is 0.0987. The molecule has 0 fully saturated rings. The van der Waals surface area contributed by atoms with Crippen molar-refractivity contribution in [1.82, 2.24) is 0 Å². The predicted molar refractivity (Wildman–Crippen MR) is 89.2 cm³/mol. The van der Waals surface area contributed by atoms with Crippen molar-refractivity contribution in [3.8, 4) is 0 Å². The van der Waals surface area contributed by atoms with E-state index in [1.54, 1.807) is 0 Å². The normalized spacial score (nSPS) is 10.5. The van der Waals surface area contributed by atoms with Crippen molar-refractivity contribution in [3.05, 3.63) is 64.2 Å². The molecule has 0 radical (unpaired) electrons. The van der Waals surface area contributed by atoms with E-state index in [1.807, 2.05) is 43.9 Å². The maximum absolute atomic E-state index is 12.9. The molecule has 1 amide bonds. The van der Waals surface area contributed by atoms with Crippen LogP contribution in [0.15, 0.2) is 36.4 Å². The maximum atomic E-state index is 12.9. The second-order valence-corrected chi connectivity index (χ2v) is 5.71. The molecule has 0 spiro atoms. The minimum absolute atomic E-state index is 0.0729. The largest absolute Gasteiger partial charge is 0.309 e. The minimum Gasteiger partial charge on any atom is -0.309 e. The fraction of sp³-hybridized carbons (Fsp3) is 0.316. The monoisotopic (exact) mass is 281 g/mol. The van der Waals surface area contributed by atoms with Crippen molar-refractivity contribution < 1.29 is 4.79 Å². The van der Waals surface area contributed by atoms with Gasteiger partial charge in [0.15, 0.2) is 0 Å². The summed E-state index contributed by atoms with van der Waals surface area (Å²) in [6.07, 6.45) is 0. The van der Waals surface area contributed by atoms with Gasteiger partial charge in [0.1, 0.15) is 0 Å². The van der Waals surface area contributed by atoms with Crippen LogP contribution in [0.25, 0.3) is 0 Å². The Balaban J connectivity index is 2.45. The first-order chi connectivity index (χ1) is 9.92. The van der Waals surface area contributed by atoms with Gasteiger partial charge in [0.2, 0.25) is 0 Å². The summed E-state index contributed by atoms with van der Waals surface area (Å²) >= 11 is 0. The number of nitrogens with zero attached hydrogens (tertiary/aromatic N) is 1. The number of carbonyl (C=O) groups excluding carboxylic acids is 1. The lowest BCUT2D eigenvalue weighted by Gasteiger charge is -2.23. The number of hydrogen-bond donors (Lipinski definition) is 0. The predicted octanol–water partition coefficient (Wildman–Crippen LogP) is 4.59. The van der Waals surface area contributed by atoms with Gasteiger partial charge in [-0.05, 0) is 69.5 Å². The highest BCUT2D eigenvalue weighted by molar-refractivity contribution is 6.07. The topological polar surface area (TPSA) is 20.3 Å². The highest BCUT2D eigenvalue weighted by Crippen LogP contribution is 2.22. The van der Waals surface area contributed by atoms with Crippen LogP contribution < -0.4 is 4.90 Å². The third kappa shape index (κ3) is 3.33. The number of anilines is 1. The van der Waals surface area contributed by atoms with E-state index in [2.05, 4.69) is 32.0 Å². The molecular formula is C19H23NO. The molecule has 0 aliphatic carbocycles. The summed E-state index contributed by atoms with van der Waals surface area (Å²) in [7, 11) is 0. The molecule has 0 bridgehead atoms. The van der Waals surface area contributed by atoms with Gasteiger partial charge in [0.05, 0.1) is 0 Å². The third-order valence-corrected chi connectivity index (χ3v) is 3.70. The van der Waals surface area contributed by atoms with Gasteiger partial charge in [-0.2, -0.15) is 0 Å². The van der Waals surface area contributed by atoms with Gasteiger partial charge in [-0.1, -0.05) is 23.8 Å². The van der Waals surface area contributed by atoms with E-state index in [-0.39, 0.29) is 5.91 Å². The summed E-state index contributed by atoms with van der Waals surface area (Å²) in [4.78, 5) is 14.7. The number of hydrogen-bond acceptors (Lipinski definition) is 1. The van der Waals surface area contributed by atoms with Crippen molar-refractivity contribution in [2.75, 3.05) is 11.4 Å². The van der Waals surface area contributed by atoms with Crippen LogP contribution in [-0.4, -0.2) is 12.5 Å². The lowest BCUT2D eigenvalue weighted by atomic mass is 10.0. The van der Waals surface area contributed by atoms with Crippen LogP contribution in [0.3, 0.4) is 0 Å². The first-order valence-corrected chi connectivity index (χ1v) is 7.39. The molecule has 0 unspecified atom stereocenters. The van der Waals surface area contributed by atoms with E-state index in [9.17, 15) is 4.79 Å². The Hall–Kier alpha value is -2.09. The Labute approximate surface area is 127 Å². The molecule has 0 aliphatic heterocycles. The van der Waals surface area contributed by atoms with Crippen LogP contribution >= 0.6 is 0 Å². The molecule has 0 saturated carbocycles. The van der Waals surface area contributed by atoms with Gasteiger partial charge in [0, 0.05) is 17.8 Å². The van der Waals surface area contributed by atoms with Crippen molar-refractivity contribution in [2.45, 2.75) is 34.6 Å². The maximum Gasteiger partial charge on any atom is 0.258 e. The molecule has 2 heteroatoms. The molecular weight excluding hydrogens is 258 g/mol. The van der Waals surface area contributed by atoms with E-state index in [1.165, 1.54) is 11.1 Å². The fourth-order valence-corrected chi connectivity index (χ4v) is 2.66. The molecule has 110 valence electrons. The summed E-state index contributed by atoms with van der Waals surface area (Å²) < 4.78 is 0. The molecule has 2 nitrogen and oxygen atoms in total. The number of amides is 1. The van der Waals surface area contributed by atoms with Gasteiger partial charge in [-0.15, -0.1) is 0 Å². The molecule has 2 rings (SSSR count). The second kappa shape index (κ2) is 6.13. The second-order valence-electron chi connectivity index (χ2n) is 5.71. The molecule has 2 aromatic carbocycles. The van der Waals surface area contributed by atoms with Crippen LogP contribution in [0.5, 0.6) is 0 Å². The molecule has 21 heavy (non-hydrogen) atoms. The average Bonchev–Trinajstić information content (AvgIpc) is 2.41. The summed E-state index contributed by atoms with van der Waals surface area (Å²) in [6.45, 7) is 10.8. The number of carbonyl (C=O) groups is 1. The number of rotatable bonds is 3. The Morgan fingerprint density at radius 1 is 0.905 bits per heavy atom. The van der Waals surface area contributed by atoms with Crippen LogP contribution in [-0.2, 0) is 0 Å². The van der Waals surface area contributed by atoms with Crippen molar-refractivity contribution in [2.24, 2.45) is 0 Å². The van der Waals surface area contributed by atoms with Crippen LogP contribution in [0.2, 0.25) is 0 Å². The smallest absolute Gasteiger partial charge is 0.258 e. The van der Waals surface area contributed by atoms with E-state index in [4.69, 9.17) is 0 Å². The highest BCUT2D eigenvalue weighted by atomic mass is 16.2. The quantitative estimate of drug-likeness (QED) is 0.806. The zero-order valence-electron chi connectivity index (χ0n) is 13.5. The Bertz CT molecular complexity index is 653. The Morgan fingerprint density at radius 3 is 2.10 bits per heavy atom. The number of benzene rings is 2. The summed E-state index contributed by atoms with van der Waals surface area (Å²) in [5.74, 6) is 0.0729. The molecule has 2 aromatic rings. The summed E-state index contributed by atoms with van der Waals surface area (Å²) in [5, 5.41) is 0. The van der Waals surface area contributed by atoms with E-state index in [0.717, 1.165) is 22.4 Å². The van der Waals surface area contributed by atoms with E-state index < -0.39 is 0 Å². The summed E-state index contributed by atoms with van der Waals surface area (Å²) in [6, 6.07) is 12.3. The third-order valence-electron chi connectivity index (χ3n) is 3.70. The standard InChI is InChI=1S/C19H23NO/c1-6-20(17-10-14(3)9-15(4)11-17)19(21)18-12-13(2)7-8-16(18)5/h7-12H,6H2,1-5H3. The van der Waals surface area contributed by atoms with Crippen molar-refractivity contribution in [1.29, 1.82) is 0 Å². The van der Waals surface area contributed by atoms with Crippen LogP contribution in [0.1, 0.15) is 39.5 Å². The fourth-order valence-electron chi connectivity index (χ4n) is 2.66. The zero-order valence-corrected chi connectivity index (χ0v) is 13.5. The molecule has 0 N–H and O–H groups in total. The molecule has 0 heterocycles. The van der Waals surface area contributed by atoms with Gasteiger partial charge >= 0.3 is 0 Å².